The van der Waals surface area contributed by atoms with Gasteiger partial charge in [-0.25, -0.2) is 0 Å². The van der Waals surface area contributed by atoms with E-state index < -0.39 is 0 Å². The molecule has 0 aromatic heterocycles. The van der Waals surface area contributed by atoms with Crippen molar-refractivity contribution in [3.8, 4) is 0 Å². The van der Waals surface area contributed by atoms with E-state index in [0.717, 1.165) is 19.3 Å². The summed E-state index contributed by atoms with van der Waals surface area (Å²) in [4.78, 5) is 11.3. The Kier molecular flexibility index (Phi) is 5.44. The zero-order valence-electron chi connectivity index (χ0n) is 8.93. The topological polar surface area (TPSA) is 26.3 Å². The van der Waals surface area contributed by atoms with Gasteiger partial charge in [0.05, 0.1) is 12.0 Å². The molecule has 0 saturated heterocycles. The van der Waals surface area contributed by atoms with E-state index in [-0.39, 0.29) is 11.4 Å². The van der Waals surface area contributed by atoms with Crippen molar-refractivity contribution >= 4 is 5.97 Å². The third-order valence-corrected chi connectivity index (χ3v) is 1.65. The quantitative estimate of drug-likeness (QED) is 0.373. The number of ether oxygens (including phenoxy) is 1. The first-order chi connectivity index (χ1) is 5.98. The van der Waals surface area contributed by atoms with Crippen molar-refractivity contribution in [1.29, 1.82) is 0 Å². The first-order valence-corrected chi connectivity index (χ1v) is 4.76. The maximum atomic E-state index is 11.3. The van der Waals surface area contributed by atoms with Crippen molar-refractivity contribution < 1.29 is 9.53 Å². The van der Waals surface area contributed by atoms with Gasteiger partial charge in [0.25, 0.3) is 0 Å². The molecule has 0 bridgehead atoms. The highest BCUT2D eigenvalue weighted by Crippen LogP contribution is 2.15. The molecular weight excluding hydrogens is 164 g/mol. The third-order valence-electron chi connectivity index (χ3n) is 1.65. The highest BCUT2D eigenvalue weighted by atomic mass is 16.5. The van der Waals surface area contributed by atoms with Gasteiger partial charge in [-0.1, -0.05) is 6.08 Å². The molecule has 13 heavy (non-hydrogen) atoms. The van der Waals surface area contributed by atoms with Crippen molar-refractivity contribution in [2.24, 2.45) is 5.41 Å². The summed E-state index contributed by atoms with van der Waals surface area (Å²) in [7, 11) is 0. The molecule has 0 aliphatic heterocycles. The van der Waals surface area contributed by atoms with Crippen molar-refractivity contribution in [2.75, 3.05) is 6.61 Å². The van der Waals surface area contributed by atoms with Gasteiger partial charge in [-0.15, -0.1) is 6.58 Å². The first kappa shape index (κ1) is 12.2. The predicted molar refractivity (Wildman–Crippen MR) is 54.5 cm³/mol. The summed E-state index contributed by atoms with van der Waals surface area (Å²) in [6, 6.07) is 0. The number of hydrogen-bond donors (Lipinski definition) is 0. The van der Waals surface area contributed by atoms with Gasteiger partial charge in [0, 0.05) is 0 Å². The lowest BCUT2D eigenvalue weighted by Crippen LogP contribution is -2.23. The number of allylic oxidation sites excluding steroid dienone is 1. The fourth-order valence-electron chi connectivity index (χ4n) is 0.772. The Morgan fingerprint density at radius 3 is 2.46 bits per heavy atom. The van der Waals surface area contributed by atoms with E-state index in [1.54, 1.807) is 0 Å². The van der Waals surface area contributed by atoms with Crippen LogP contribution in [-0.2, 0) is 9.53 Å². The lowest BCUT2D eigenvalue weighted by molar-refractivity contribution is -0.153. The summed E-state index contributed by atoms with van der Waals surface area (Å²) in [5.74, 6) is -0.119. The molecule has 0 radical (unpaired) electrons. The zero-order chi connectivity index (χ0) is 10.3. The van der Waals surface area contributed by atoms with Crippen LogP contribution in [0.2, 0.25) is 0 Å². The third kappa shape index (κ3) is 6.38. The Hall–Kier alpha value is -0.790. The summed E-state index contributed by atoms with van der Waals surface area (Å²) in [6.45, 7) is 9.74. The first-order valence-electron chi connectivity index (χ1n) is 4.76. The number of rotatable bonds is 5. The molecule has 0 rings (SSSR count). The molecule has 0 N–H and O–H groups in total. The molecule has 0 spiro atoms. The van der Waals surface area contributed by atoms with E-state index >= 15 is 0 Å². The number of esters is 1. The molecule has 0 aliphatic rings. The maximum Gasteiger partial charge on any atom is 0.311 e. The number of hydrogen-bond acceptors (Lipinski definition) is 2. The van der Waals surface area contributed by atoms with Crippen LogP contribution in [-0.4, -0.2) is 12.6 Å². The molecule has 0 unspecified atom stereocenters. The molecule has 0 aromatic carbocycles. The Balaban J connectivity index is 3.43. The van der Waals surface area contributed by atoms with Gasteiger partial charge in [-0.2, -0.15) is 0 Å². The van der Waals surface area contributed by atoms with Crippen LogP contribution in [0.5, 0.6) is 0 Å². The molecule has 76 valence electrons. The smallest absolute Gasteiger partial charge is 0.311 e. The molecule has 0 fully saturated rings. The highest BCUT2D eigenvalue weighted by molar-refractivity contribution is 5.75. The second kappa shape index (κ2) is 5.79. The van der Waals surface area contributed by atoms with Gasteiger partial charge in [0.1, 0.15) is 0 Å². The van der Waals surface area contributed by atoms with Crippen LogP contribution < -0.4 is 0 Å². The van der Waals surface area contributed by atoms with Gasteiger partial charge in [-0.3, -0.25) is 4.79 Å². The van der Waals surface area contributed by atoms with Crippen LogP contribution in [0.1, 0.15) is 40.0 Å². The monoisotopic (exact) mass is 184 g/mol. The standard InChI is InChI=1S/C11H20O2/c1-5-6-7-8-9-13-10(12)11(2,3)4/h5H,1,6-9H2,2-4H3. The number of unbranched alkanes of at least 4 members (excludes halogenated alkanes) is 2. The van der Waals surface area contributed by atoms with Crippen molar-refractivity contribution in [3.05, 3.63) is 12.7 Å². The molecule has 2 nitrogen and oxygen atoms in total. The number of carbonyl (C=O) groups excluding carboxylic acids is 1. The number of carbonyl (C=O) groups is 1. The Labute approximate surface area is 81.0 Å². The van der Waals surface area contributed by atoms with E-state index in [0.29, 0.717) is 6.61 Å². The normalized spacial score (nSPS) is 11.0. The lowest BCUT2D eigenvalue weighted by atomic mass is 9.97. The zero-order valence-corrected chi connectivity index (χ0v) is 8.93. The van der Waals surface area contributed by atoms with E-state index in [4.69, 9.17) is 4.74 Å². The fourth-order valence-corrected chi connectivity index (χ4v) is 0.772. The predicted octanol–water partition coefficient (Wildman–Crippen LogP) is 2.93. The van der Waals surface area contributed by atoms with Crippen LogP contribution in [0.15, 0.2) is 12.7 Å². The molecular formula is C11H20O2. The summed E-state index contributed by atoms with van der Waals surface area (Å²) in [5.41, 5.74) is -0.377. The molecule has 0 amide bonds. The van der Waals surface area contributed by atoms with Crippen LogP contribution in [0.25, 0.3) is 0 Å². The second-order valence-corrected chi connectivity index (χ2v) is 4.17. The van der Waals surface area contributed by atoms with Crippen LogP contribution >= 0.6 is 0 Å². The van der Waals surface area contributed by atoms with Gasteiger partial charge >= 0.3 is 5.97 Å². The molecule has 0 heterocycles. The van der Waals surface area contributed by atoms with E-state index in [1.807, 2.05) is 26.8 Å². The molecule has 2 heteroatoms. The average Bonchev–Trinajstić information content (AvgIpc) is 2.02. The minimum absolute atomic E-state index is 0.119. The van der Waals surface area contributed by atoms with E-state index in [2.05, 4.69) is 6.58 Å². The maximum absolute atomic E-state index is 11.3. The molecule has 0 saturated carbocycles. The minimum atomic E-state index is -0.377. The van der Waals surface area contributed by atoms with E-state index in [1.165, 1.54) is 0 Å². The van der Waals surface area contributed by atoms with Crippen molar-refractivity contribution in [3.63, 3.8) is 0 Å². The SMILES string of the molecule is C=CCCCCOC(=O)C(C)(C)C. The summed E-state index contributed by atoms with van der Waals surface area (Å²) in [5, 5.41) is 0. The van der Waals surface area contributed by atoms with Gasteiger partial charge in [-0.05, 0) is 40.0 Å². The largest absolute Gasteiger partial charge is 0.465 e. The highest BCUT2D eigenvalue weighted by Gasteiger charge is 2.22. The molecule has 0 aliphatic carbocycles. The average molecular weight is 184 g/mol. The fraction of sp³-hybridized carbons (Fsp3) is 0.727. The summed E-state index contributed by atoms with van der Waals surface area (Å²) < 4.78 is 5.08. The molecule has 0 aromatic rings. The van der Waals surface area contributed by atoms with Crippen LogP contribution in [0.4, 0.5) is 0 Å². The minimum Gasteiger partial charge on any atom is -0.465 e. The summed E-state index contributed by atoms with van der Waals surface area (Å²) in [6.07, 6.45) is 4.84. The van der Waals surface area contributed by atoms with Crippen LogP contribution in [0.3, 0.4) is 0 Å². The van der Waals surface area contributed by atoms with Gasteiger partial charge in [0.2, 0.25) is 0 Å². The van der Waals surface area contributed by atoms with Gasteiger partial charge < -0.3 is 4.74 Å². The van der Waals surface area contributed by atoms with Crippen LogP contribution in [0, 0.1) is 5.41 Å². The summed E-state index contributed by atoms with van der Waals surface area (Å²) >= 11 is 0. The van der Waals surface area contributed by atoms with Gasteiger partial charge in [0.15, 0.2) is 0 Å². The Morgan fingerprint density at radius 1 is 1.38 bits per heavy atom. The Morgan fingerprint density at radius 2 is 2.00 bits per heavy atom. The molecule has 0 atom stereocenters. The van der Waals surface area contributed by atoms with Crippen molar-refractivity contribution in [1.82, 2.24) is 0 Å². The lowest BCUT2D eigenvalue weighted by Gasteiger charge is -2.16. The van der Waals surface area contributed by atoms with E-state index in [9.17, 15) is 4.79 Å². The second-order valence-electron chi connectivity index (χ2n) is 4.17. The van der Waals surface area contributed by atoms with Crippen molar-refractivity contribution in [2.45, 2.75) is 40.0 Å². The Bertz CT molecular complexity index is 165.